The second kappa shape index (κ2) is 6.83. The van der Waals surface area contributed by atoms with Crippen molar-refractivity contribution < 1.29 is 14.6 Å². The first kappa shape index (κ1) is 15.7. The van der Waals surface area contributed by atoms with Crippen LogP contribution in [0.3, 0.4) is 0 Å². The van der Waals surface area contributed by atoms with Crippen LogP contribution in [0.4, 0.5) is 10.5 Å². The molecule has 3 unspecified atom stereocenters. The normalized spacial score (nSPS) is 25.6. The molecule has 1 amide bonds. The Labute approximate surface area is 126 Å². The zero-order valence-corrected chi connectivity index (χ0v) is 13.0. The molecule has 1 saturated carbocycles. The Bertz CT molecular complexity index is 469. The second-order valence-corrected chi connectivity index (χ2v) is 6.44. The molecular formula is C17H25NO3. The lowest BCUT2D eigenvalue weighted by Gasteiger charge is -2.36. The van der Waals surface area contributed by atoms with E-state index in [4.69, 9.17) is 4.74 Å². The third kappa shape index (κ3) is 4.38. The van der Waals surface area contributed by atoms with Gasteiger partial charge in [-0.05, 0) is 54.9 Å². The van der Waals surface area contributed by atoms with Crippen LogP contribution in [0.1, 0.15) is 40.0 Å². The molecule has 0 aliphatic heterocycles. The Hall–Kier alpha value is -1.71. The number of aromatic hydroxyl groups is 1. The summed E-state index contributed by atoms with van der Waals surface area (Å²) in [6, 6.07) is 6.38. The number of rotatable bonds is 3. The monoisotopic (exact) mass is 291 g/mol. The van der Waals surface area contributed by atoms with E-state index in [2.05, 4.69) is 26.1 Å². The molecule has 2 rings (SSSR count). The minimum atomic E-state index is -0.412. The Morgan fingerprint density at radius 2 is 1.95 bits per heavy atom. The quantitative estimate of drug-likeness (QED) is 0.811. The van der Waals surface area contributed by atoms with Gasteiger partial charge in [-0.1, -0.05) is 27.2 Å². The van der Waals surface area contributed by atoms with Crippen molar-refractivity contribution in [3.8, 4) is 5.75 Å². The van der Waals surface area contributed by atoms with Crippen LogP contribution in [0.5, 0.6) is 5.75 Å². The molecule has 0 saturated heterocycles. The van der Waals surface area contributed by atoms with E-state index < -0.39 is 6.09 Å². The minimum Gasteiger partial charge on any atom is -0.508 e. The van der Waals surface area contributed by atoms with Crippen molar-refractivity contribution in [2.24, 2.45) is 17.8 Å². The molecule has 4 heteroatoms. The van der Waals surface area contributed by atoms with E-state index in [1.165, 1.54) is 18.6 Å². The highest BCUT2D eigenvalue weighted by molar-refractivity contribution is 5.84. The summed E-state index contributed by atoms with van der Waals surface area (Å²) >= 11 is 0. The number of phenols is 1. The van der Waals surface area contributed by atoms with Crippen LogP contribution in [-0.2, 0) is 4.74 Å². The average Bonchev–Trinajstić information content (AvgIpc) is 2.41. The topological polar surface area (TPSA) is 58.6 Å². The Balaban J connectivity index is 1.94. The molecule has 0 bridgehead atoms. The number of phenolic OH excluding ortho intramolecular Hbond substituents is 1. The molecule has 2 N–H and O–H groups in total. The molecule has 21 heavy (non-hydrogen) atoms. The average molecular weight is 291 g/mol. The van der Waals surface area contributed by atoms with Crippen LogP contribution >= 0.6 is 0 Å². The van der Waals surface area contributed by atoms with Crippen LogP contribution in [0, 0.1) is 17.8 Å². The number of ether oxygens (including phenoxy) is 1. The molecule has 0 heterocycles. The van der Waals surface area contributed by atoms with Gasteiger partial charge in [0.1, 0.15) is 11.9 Å². The first-order valence-corrected chi connectivity index (χ1v) is 7.72. The van der Waals surface area contributed by atoms with Crippen LogP contribution in [-0.4, -0.2) is 17.3 Å². The lowest BCUT2D eigenvalue weighted by molar-refractivity contribution is 0.0126. The summed E-state index contributed by atoms with van der Waals surface area (Å²) in [7, 11) is 0. The molecule has 4 nitrogen and oxygen atoms in total. The lowest BCUT2D eigenvalue weighted by Crippen LogP contribution is -2.36. The van der Waals surface area contributed by atoms with Crippen molar-refractivity contribution in [2.45, 2.75) is 46.1 Å². The molecule has 1 aromatic rings. The zero-order valence-electron chi connectivity index (χ0n) is 13.0. The number of carbonyl (C=O) groups is 1. The molecule has 1 aliphatic carbocycles. The van der Waals surface area contributed by atoms with Gasteiger partial charge in [0.15, 0.2) is 0 Å². The van der Waals surface area contributed by atoms with Crippen molar-refractivity contribution in [3.05, 3.63) is 24.3 Å². The highest BCUT2D eigenvalue weighted by Crippen LogP contribution is 2.35. The number of nitrogens with one attached hydrogen (secondary N) is 1. The maximum atomic E-state index is 12.0. The summed E-state index contributed by atoms with van der Waals surface area (Å²) in [5, 5.41) is 12.0. The van der Waals surface area contributed by atoms with Gasteiger partial charge in [-0.25, -0.2) is 4.79 Å². The molecule has 116 valence electrons. The van der Waals surface area contributed by atoms with E-state index in [0.29, 0.717) is 23.4 Å². The summed E-state index contributed by atoms with van der Waals surface area (Å²) in [5.41, 5.74) is 0.628. The predicted octanol–water partition coefficient (Wildman–Crippen LogP) is 4.40. The molecule has 0 spiro atoms. The fourth-order valence-electron chi connectivity index (χ4n) is 3.08. The van der Waals surface area contributed by atoms with Gasteiger partial charge in [-0.3, -0.25) is 5.32 Å². The fraction of sp³-hybridized carbons (Fsp3) is 0.588. The molecule has 0 aromatic heterocycles. The highest BCUT2D eigenvalue weighted by atomic mass is 16.6. The van der Waals surface area contributed by atoms with E-state index in [1.807, 2.05) is 0 Å². The summed E-state index contributed by atoms with van der Waals surface area (Å²) < 4.78 is 5.66. The molecule has 3 atom stereocenters. The van der Waals surface area contributed by atoms with Gasteiger partial charge in [-0.15, -0.1) is 0 Å². The van der Waals surface area contributed by atoms with Gasteiger partial charge in [0.2, 0.25) is 0 Å². The lowest BCUT2D eigenvalue weighted by atomic mass is 9.75. The van der Waals surface area contributed by atoms with Crippen molar-refractivity contribution in [1.29, 1.82) is 0 Å². The number of hydrogen-bond acceptors (Lipinski definition) is 3. The van der Waals surface area contributed by atoms with Crippen LogP contribution in [0.15, 0.2) is 24.3 Å². The number of carbonyl (C=O) groups excluding carboxylic acids is 1. The summed E-state index contributed by atoms with van der Waals surface area (Å²) in [4.78, 5) is 12.0. The molecule has 1 aromatic carbocycles. The van der Waals surface area contributed by atoms with Crippen LogP contribution < -0.4 is 5.32 Å². The highest BCUT2D eigenvalue weighted by Gasteiger charge is 2.33. The number of anilines is 1. The maximum Gasteiger partial charge on any atom is 0.411 e. The number of hydrogen-bond donors (Lipinski definition) is 2. The van der Waals surface area contributed by atoms with E-state index >= 15 is 0 Å². The van der Waals surface area contributed by atoms with Crippen molar-refractivity contribution in [1.82, 2.24) is 0 Å². The standard InChI is InChI=1S/C17H25NO3/c1-11(2)15-9-4-12(3)10-16(15)21-17(20)18-13-5-7-14(19)8-6-13/h5-8,11-12,15-16,19H,4,9-10H2,1-3H3,(H,18,20). The SMILES string of the molecule is CC1CCC(C(C)C)C(OC(=O)Nc2ccc(O)cc2)C1. The minimum absolute atomic E-state index is 0.00846. The Morgan fingerprint density at radius 3 is 2.57 bits per heavy atom. The van der Waals surface area contributed by atoms with Crippen LogP contribution in [0.25, 0.3) is 0 Å². The van der Waals surface area contributed by atoms with Crippen molar-refractivity contribution >= 4 is 11.8 Å². The van der Waals surface area contributed by atoms with Crippen molar-refractivity contribution in [2.75, 3.05) is 5.32 Å². The zero-order chi connectivity index (χ0) is 15.4. The first-order chi connectivity index (χ1) is 9.95. The van der Waals surface area contributed by atoms with Gasteiger partial charge < -0.3 is 9.84 Å². The van der Waals surface area contributed by atoms with Gasteiger partial charge >= 0.3 is 6.09 Å². The summed E-state index contributed by atoms with van der Waals surface area (Å²) in [5.74, 6) is 1.73. The Morgan fingerprint density at radius 1 is 1.29 bits per heavy atom. The summed E-state index contributed by atoms with van der Waals surface area (Å²) in [6.45, 7) is 6.59. The number of benzene rings is 1. The van der Waals surface area contributed by atoms with Crippen LogP contribution in [0.2, 0.25) is 0 Å². The smallest absolute Gasteiger partial charge is 0.411 e. The van der Waals surface area contributed by atoms with Gasteiger partial charge in [0, 0.05) is 5.69 Å². The van der Waals surface area contributed by atoms with E-state index in [0.717, 1.165) is 12.8 Å². The number of amides is 1. The molecule has 1 aliphatic rings. The molecule has 1 fully saturated rings. The molecule has 0 radical (unpaired) electrons. The van der Waals surface area contributed by atoms with E-state index in [1.54, 1.807) is 12.1 Å². The summed E-state index contributed by atoms with van der Waals surface area (Å²) in [6.07, 6.45) is 2.85. The second-order valence-electron chi connectivity index (χ2n) is 6.44. The third-order valence-electron chi connectivity index (χ3n) is 4.33. The van der Waals surface area contributed by atoms with Crippen molar-refractivity contribution in [3.63, 3.8) is 0 Å². The predicted molar refractivity (Wildman–Crippen MR) is 83.3 cm³/mol. The first-order valence-electron chi connectivity index (χ1n) is 7.72. The van der Waals surface area contributed by atoms with Gasteiger partial charge in [0.05, 0.1) is 0 Å². The fourth-order valence-corrected chi connectivity index (χ4v) is 3.08. The van der Waals surface area contributed by atoms with Gasteiger partial charge in [-0.2, -0.15) is 0 Å². The maximum absolute atomic E-state index is 12.0. The van der Waals surface area contributed by atoms with E-state index in [-0.39, 0.29) is 11.9 Å². The Kier molecular flexibility index (Phi) is 5.10. The van der Waals surface area contributed by atoms with E-state index in [9.17, 15) is 9.90 Å². The largest absolute Gasteiger partial charge is 0.508 e. The molecular weight excluding hydrogens is 266 g/mol. The third-order valence-corrected chi connectivity index (χ3v) is 4.33. The van der Waals surface area contributed by atoms with Gasteiger partial charge in [0.25, 0.3) is 0 Å².